The Balaban J connectivity index is 1.52. The Labute approximate surface area is 266 Å². The fourth-order valence-corrected chi connectivity index (χ4v) is 6.08. The van der Waals surface area contributed by atoms with Gasteiger partial charge in [0.05, 0.1) is 57.9 Å². The lowest BCUT2D eigenvalue weighted by Gasteiger charge is -2.42. The Morgan fingerprint density at radius 2 is 1.80 bits per heavy atom. The molecule has 2 aliphatic rings. The number of benzene rings is 2. The van der Waals surface area contributed by atoms with Gasteiger partial charge < -0.3 is 43.3 Å². The van der Waals surface area contributed by atoms with Gasteiger partial charge in [0.1, 0.15) is 12.4 Å². The molecule has 0 radical (unpaired) electrons. The van der Waals surface area contributed by atoms with Gasteiger partial charge in [0, 0.05) is 58.6 Å². The first kappa shape index (κ1) is 34.5. The summed E-state index contributed by atoms with van der Waals surface area (Å²) in [7, 11) is 3.39. The van der Waals surface area contributed by atoms with E-state index in [9.17, 15) is 14.7 Å². The molecule has 11 nitrogen and oxygen atoms in total. The number of carbonyl (C=O) groups is 2. The summed E-state index contributed by atoms with van der Waals surface area (Å²) in [5, 5.41) is 9.95. The third-order valence-electron chi connectivity index (χ3n) is 8.25. The fraction of sp³-hybridized carbons (Fsp3) is 0.588. The van der Waals surface area contributed by atoms with Crippen LogP contribution in [0.15, 0.2) is 42.5 Å². The summed E-state index contributed by atoms with van der Waals surface area (Å²) in [4.78, 5) is 27.6. The first-order valence-electron chi connectivity index (χ1n) is 15.7. The third kappa shape index (κ3) is 10.1. The molecule has 0 unspecified atom stereocenters. The summed E-state index contributed by atoms with van der Waals surface area (Å²) in [6, 6.07) is 14.2. The van der Waals surface area contributed by atoms with Crippen molar-refractivity contribution in [1.29, 1.82) is 0 Å². The number of fused-ring (bicyclic) bond motifs is 1. The molecule has 1 N–H and O–H groups in total. The SMILES string of the molecule is COCCCN1CCOc2ccc(CO[C@H]3CN(C(=O)O)C[C@@H](COC(C)=O)[C@@H]3c3ccc(COC[C@@H](C)COC)cc3)cc21. The zero-order valence-corrected chi connectivity index (χ0v) is 26.9. The monoisotopic (exact) mass is 628 g/mol. The zero-order chi connectivity index (χ0) is 32.2. The highest BCUT2D eigenvalue weighted by atomic mass is 16.5. The van der Waals surface area contributed by atoms with Crippen LogP contribution in [0.25, 0.3) is 0 Å². The lowest BCUT2D eigenvalue weighted by atomic mass is 9.78. The molecule has 0 bridgehead atoms. The number of ether oxygens (including phenoxy) is 6. The van der Waals surface area contributed by atoms with Gasteiger partial charge in [-0.2, -0.15) is 0 Å². The van der Waals surface area contributed by atoms with Gasteiger partial charge in [0.2, 0.25) is 0 Å². The van der Waals surface area contributed by atoms with E-state index in [1.807, 2.05) is 36.4 Å². The molecule has 2 aromatic carbocycles. The largest absolute Gasteiger partial charge is 0.490 e. The van der Waals surface area contributed by atoms with Crippen LogP contribution >= 0.6 is 0 Å². The minimum Gasteiger partial charge on any atom is -0.490 e. The van der Waals surface area contributed by atoms with Crippen molar-refractivity contribution in [3.8, 4) is 5.75 Å². The molecule has 2 aromatic rings. The van der Waals surface area contributed by atoms with E-state index in [0.717, 1.165) is 47.6 Å². The standard InChI is InChI=1S/C34H48N2O9/c1-24(19-41-4)20-42-21-26-6-9-28(10-7-26)33-29(23-44-25(2)37)17-36(34(38)39)18-32(33)45-22-27-8-11-31-30(16-27)35(13-15-43-31)12-5-14-40-3/h6-11,16,24,29,32-33H,5,12-15,17-23H2,1-4H3,(H,38,39)/t24-,29-,32-,33-/m0/s1. The average Bonchev–Trinajstić information content (AvgIpc) is 3.03. The molecule has 2 aliphatic heterocycles. The predicted octanol–water partition coefficient (Wildman–Crippen LogP) is 4.56. The Hall–Kier alpha value is -3.38. The van der Waals surface area contributed by atoms with E-state index in [4.69, 9.17) is 28.4 Å². The van der Waals surface area contributed by atoms with Gasteiger partial charge in [0.15, 0.2) is 0 Å². The van der Waals surface area contributed by atoms with E-state index < -0.39 is 18.2 Å². The van der Waals surface area contributed by atoms with Crippen LogP contribution in [0.4, 0.5) is 10.5 Å². The number of carboxylic acid groups (broad SMARTS) is 1. The lowest BCUT2D eigenvalue weighted by molar-refractivity contribution is -0.144. The van der Waals surface area contributed by atoms with Gasteiger partial charge >= 0.3 is 12.1 Å². The Morgan fingerprint density at radius 3 is 2.51 bits per heavy atom. The summed E-state index contributed by atoms with van der Waals surface area (Å²) in [6.45, 7) is 8.97. The molecular formula is C34H48N2O9. The molecule has 4 rings (SSSR count). The molecule has 0 saturated carbocycles. The summed E-state index contributed by atoms with van der Waals surface area (Å²) >= 11 is 0. The van der Waals surface area contributed by atoms with Crippen molar-refractivity contribution in [3.63, 3.8) is 0 Å². The Kier molecular flexibility index (Phi) is 13.3. The number of nitrogens with zero attached hydrogens (tertiary/aromatic N) is 2. The second-order valence-corrected chi connectivity index (χ2v) is 11.9. The highest BCUT2D eigenvalue weighted by Gasteiger charge is 2.41. The van der Waals surface area contributed by atoms with Crippen molar-refractivity contribution in [2.75, 3.05) is 78.3 Å². The van der Waals surface area contributed by atoms with E-state index in [-0.39, 0.29) is 31.5 Å². The van der Waals surface area contributed by atoms with Crippen LogP contribution in [0, 0.1) is 11.8 Å². The molecule has 0 aliphatic carbocycles. The second-order valence-electron chi connectivity index (χ2n) is 11.9. The van der Waals surface area contributed by atoms with Gasteiger partial charge in [0.25, 0.3) is 0 Å². The number of likely N-dealkylation sites (tertiary alicyclic amines) is 1. The van der Waals surface area contributed by atoms with Crippen molar-refractivity contribution in [2.45, 2.75) is 45.5 Å². The maximum Gasteiger partial charge on any atom is 0.407 e. The van der Waals surface area contributed by atoms with Crippen LogP contribution < -0.4 is 9.64 Å². The van der Waals surface area contributed by atoms with Crippen LogP contribution in [-0.4, -0.2) is 102 Å². The molecular weight excluding hydrogens is 580 g/mol. The fourth-order valence-electron chi connectivity index (χ4n) is 6.08. The highest BCUT2D eigenvalue weighted by Crippen LogP contribution is 2.37. The van der Waals surface area contributed by atoms with Crippen LogP contribution in [-0.2, 0) is 41.7 Å². The number of piperidine rings is 1. The van der Waals surface area contributed by atoms with Crippen molar-refractivity contribution < 1.29 is 43.1 Å². The molecule has 1 fully saturated rings. The molecule has 45 heavy (non-hydrogen) atoms. The number of hydrogen-bond donors (Lipinski definition) is 1. The van der Waals surface area contributed by atoms with E-state index in [0.29, 0.717) is 45.6 Å². The molecule has 1 saturated heterocycles. The average molecular weight is 629 g/mol. The minimum atomic E-state index is -1.03. The minimum absolute atomic E-state index is 0.0957. The first-order chi connectivity index (χ1) is 21.8. The van der Waals surface area contributed by atoms with Gasteiger partial charge in [-0.05, 0) is 35.2 Å². The van der Waals surface area contributed by atoms with E-state index >= 15 is 0 Å². The third-order valence-corrected chi connectivity index (χ3v) is 8.25. The Bertz CT molecular complexity index is 1220. The number of carbonyl (C=O) groups excluding carboxylic acids is 1. The predicted molar refractivity (Wildman–Crippen MR) is 169 cm³/mol. The number of anilines is 1. The van der Waals surface area contributed by atoms with E-state index in [2.05, 4.69) is 17.9 Å². The van der Waals surface area contributed by atoms with E-state index in [1.165, 1.54) is 11.8 Å². The number of rotatable bonds is 16. The maximum absolute atomic E-state index is 12.2. The van der Waals surface area contributed by atoms with Crippen LogP contribution in [0.2, 0.25) is 0 Å². The normalized spacial score (nSPS) is 20.3. The molecule has 2 heterocycles. The highest BCUT2D eigenvalue weighted by molar-refractivity contribution is 5.66. The van der Waals surface area contributed by atoms with Gasteiger partial charge in [-0.15, -0.1) is 0 Å². The van der Waals surface area contributed by atoms with Crippen LogP contribution in [0.5, 0.6) is 5.75 Å². The summed E-state index contributed by atoms with van der Waals surface area (Å²) < 4.78 is 34.2. The van der Waals surface area contributed by atoms with Crippen molar-refractivity contribution in [1.82, 2.24) is 4.90 Å². The number of amides is 1. The van der Waals surface area contributed by atoms with Gasteiger partial charge in [-0.25, -0.2) is 4.79 Å². The zero-order valence-electron chi connectivity index (χ0n) is 26.9. The first-order valence-corrected chi connectivity index (χ1v) is 15.7. The lowest BCUT2D eigenvalue weighted by Crippen LogP contribution is -2.52. The second kappa shape index (κ2) is 17.4. The van der Waals surface area contributed by atoms with Gasteiger partial charge in [-0.3, -0.25) is 4.79 Å². The quantitative estimate of drug-likeness (QED) is 0.210. The van der Waals surface area contributed by atoms with Crippen LogP contribution in [0.3, 0.4) is 0 Å². The van der Waals surface area contributed by atoms with E-state index in [1.54, 1.807) is 14.2 Å². The summed E-state index contributed by atoms with van der Waals surface area (Å²) in [6.07, 6.45) is -0.576. The molecule has 0 aromatic heterocycles. The smallest absolute Gasteiger partial charge is 0.407 e. The molecule has 4 atom stereocenters. The number of esters is 1. The van der Waals surface area contributed by atoms with Gasteiger partial charge in [-0.1, -0.05) is 37.3 Å². The number of methoxy groups -OCH3 is 2. The molecule has 1 amide bonds. The van der Waals surface area contributed by atoms with Crippen LogP contribution in [0.1, 0.15) is 42.9 Å². The molecule has 11 heteroatoms. The van der Waals surface area contributed by atoms with Crippen molar-refractivity contribution in [3.05, 3.63) is 59.2 Å². The Morgan fingerprint density at radius 1 is 1.02 bits per heavy atom. The maximum atomic E-state index is 12.2. The van der Waals surface area contributed by atoms with Crippen molar-refractivity contribution >= 4 is 17.7 Å². The molecule has 0 spiro atoms. The topological polar surface area (TPSA) is 116 Å². The van der Waals surface area contributed by atoms with Crippen molar-refractivity contribution in [2.24, 2.45) is 11.8 Å². The molecule has 248 valence electrons. The summed E-state index contributed by atoms with van der Waals surface area (Å²) in [5.74, 6) is 0.265. The summed E-state index contributed by atoms with van der Waals surface area (Å²) in [5.41, 5.74) is 4.02. The number of hydrogen-bond acceptors (Lipinski definition) is 9.